The summed E-state index contributed by atoms with van der Waals surface area (Å²) in [5.74, 6) is -0.431. The second-order valence-electron chi connectivity index (χ2n) is 2.84. The lowest BCUT2D eigenvalue weighted by Gasteiger charge is -1.92. The lowest BCUT2D eigenvalue weighted by molar-refractivity contribution is -0.134. The Labute approximate surface area is 88.3 Å². The van der Waals surface area contributed by atoms with Crippen LogP contribution in [0, 0.1) is 0 Å². The van der Waals surface area contributed by atoms with Crippen LogP contribution in [0.15, 0.2) is 52.3 Å². The number of nitrogens with zero attached hydrogens (tertiary/aromatic N) is 2. The number of hydrogen-bond donors (Lipinski definition) is 0. The second-order valence-corrected chi connectivity index (χ2v) is 2.84. The summed E-state index contributed by atoms with van der Waals surface area (Å²) in [7, 11) is 1.32. The van der Waals surface area contributed by atoms with Crippen molar-refractivity contribution in [1.82, 2.24) is 0 Å². The first-order valence-corrected chi connectivity index (χ1v) is 4.45. The van der Waals surface area contributed by atoms with E-state index in [1.54, 1.807) is 6.92 Å². The van der Waals surface area contributed by atoms with Gasteiger partial charge < -0.3 is 4.74 Å². The molecular formula is C11H12N2O2. The highest BCUT2D eigenvalue weighted by molar-refractivity contribution is 5.82. The van der Waals surface area contributed by atoms with E-state index >= 15 is 0 Å². The van der Waals surface area contributed by atoms with E-state index in [0.29, 0.717) is 5.70 Å². The molecule has 1 rings (SSSR count). The van der Waals surface area contributed by atoms with Gasteiger partial charge in [-0.2, -0.15) is 10.2 Å². The van der Waals surface area contributed by atoms with Crippen LogP contribution in [-0.4, -0.2) is 13.1 Å². The monoisotopic (exact) mass is 204 g/mol. The smallest absolute Gasteiger partial charge is 0.332 e. The molecule has 15 heavy (non-hydrogen) atoms. The number of benzene rings is 1. The van der Waals surface area contributed by atoms with Crippen molar-refractivity contribution in [3.8, 4) is 0 Å². The molecule has 0 unspecified atom stereocenters. The molecule has 0 aliphatic carbocycles. The average Bonchev–Trinajstić information content (AvgIpc) is 2.27. The van der Waals surface area contributed by atoms with Crippen molar-refractivity contribution in [3.63, 3.8) is 0 Å². The van der Waals surface area contributed by atoms with Gasteiger partial charge in [-0.25, -0.2) is 4.79 Å². The first-order valence-electron chi connectivity index (χ1n) is 4.45. The van der Waals surface area contributed by atoms with Crippen LogP contribution < -0.4 is 0 Å². The first-order chi connectivity index (χ1) is 7.22. The van der Waals surface area contributed by atoms with E-state index in [4.69, 9.17) is 0 Å². The van der Waals surface area contributed by atoms with E-state index < -0.39 is 5.97 Å². The van der Waals surface area contributed by atoms with Crippen molar-refractivity contribution in [2.45, 2.75) is 6.92 Å². The van der Waals surface area contributed by atoms with Crippen LogP contribution in [-0.2, 0) is 9.53 Å². The van der Waals surface area contributed by atoms with Crippen LogP contribution in [0.2, 0.25) is 0 Å². The molecule has 0 fully saturated rings. The second kappa shape index (κ2) is 5.70. The largest absolute Gasteiger partial charge is 0.466 e. The Kier molecular flexibility index (Phi) is 4.22. The van der Waals surface area contributed by atoms with Crippen molar-refractivity contribution in [2.24, 2.45) is 10.2 Å². The fourth-order valence-electron chi connectivity index (χ4n) is 0.890. The molecule has 4 nitrogen and oxygen atoms in total. The van der Waals surface area contributed by atoms with Gasteiger partial charge in [0.15, 0.2) is 0 Å². The molecule has 1 aromatic rings. The zero-order valence-electron chi connectivity index (χ0n) is 8.68. The SMILES string of the molecule is COC(=O)C=C(C)N=Nc1ccccc1. The summed E-state index contributed by atoms with van der Waals surface area (Å²) in [6.45, 7) is 1.68. The van der Waals surface area contributed by atoms with E-state index in [1.807, 2.05) is 30.3 Å². The quantitative estimate of drug-likeness (QED) is 0.432. The van der Waals surface area contributed by atoms with Gasteiger partial charge in [0.05, 0.1) is 18.5 Å². The van der Waals surface area contributed by atoms with Crippen LogP contribution >= 0.6 is 0 Å². The normalized spacial score (nSPS) is 11.7. The van der Waals surface area contributed by atoms with E-state index in [2.05, 4.69) is 15.0 Å². The Bertz CT molecular complexity index is 383. The molecule has 0 aromatic heterocycles. The molecular weight excluding hydrogens is 192 g/mol. The molecule has 0 N–H and O–H groups in total. The average molecular weight is 204 g/mol. The van der Waals surface area contributed by atoms with Crippen LogP contribution in [0.3, 0.4) is 0 Å². The Balaban J connectivity index is 2.66. The number of ether oxygens (including phenoxy) is 1. The minimum atomic E-state index is -0.431. The molecule has 1 aromatic carbocycles. The summed E-state index contributed by atoms with van der Waals surface area (Å²) < 4.78 is 4.46. The van der Waals surface area contributed by atoms with Gasteiger partial charge in [0.1, 0.15) is 0 Å². The molecule has 0 spiro atoms. The Morgan fingerprint density at radius 2 is 2.00 bits per heavy atom. The van der Waals surface area contributed by atoms with Crippen LogP contribution in [0.25, 0.3) is 0 Å². The molecule has 0 heterocycles. The summed E-state index contributed by atoms with van der Waals surface area (Å²) >= 11 is 0. The van der Waals surface area contributed by atoms with Crippen molar-refractivity contribution in [2.75, 3.05) is 7.11 Å². The van der Waals surface area contributed by atoms with Crippen molar-refractivity contribution >= 4 is 11.7 Å². The maximum absolute atomic E-state index is 10.8. The third-order valence-corrected chi connectivity index (χ3v) is 1.61. The number of rotatable bonds is 3. The Hall–Kier alpha value is -1.97. The summed E-state index contributed by atoms with van der Waals surface area (Å²) in [5, 5.41) is 7.81. The highest BCUT2D eigenvalue weighted by Crippen LogP contribution is 2.11. The number of hydrogen-bond acceptors (Lipinski definition) is 4. The lowest BCUT2D eigenvalue weighted by atomic mass is 10.3. The van der Waals surface area contributed by atoms with Gasteiger partial charge in [0, 0.05) is 6.08 Å². The number of carbonyl (C=O) groups is 1. The first kappa shape index (κ1) is 11.1. The topological polar surface area (TPSA) is 51.0 Å². The number of methoxy groups -OCH3 is 1. The van der Waals surface area contributed by atoms with Crippen molar-refractivity contribution in [3.05, 3.63) is 42.1 Å². The van der Waals surface area contributed by atoms with Crippen molar-refractivity contribution in [1.29, 1.82) is 0 Å². The van der Waals surface area contributed by atoms with Gasteiger partial charge in [-0.1, -0.05) is 18.2 Å². The molecule has 0 saturated carbocycles. The maximum atomic E-state index is 10.8. The van der Waals surface area contributed by atoms with Crippen LogP contribution in [0.1, 0.15) is 6.92 Å². The minimum Gasteiger partial charge on any atom is -0.466 e. The van der Waals surface area contributed by atoms with E-state index in [9.17, 15) is 4.79 Å². The van der Waals surface area contributed by atoms with Gasteiger partial charge in [-0.05, 0) is 19.1 Å². The fraction of sp³-hybridized carbons (Fsp3) is 0.182. The zero-order valence-corrected chi connectivity index (χ0v) is 8.68. The number of allylic oxidation sites excluding steroid dienone is 1. The van der Waals surface area contributed by atoms with Crippen LogP contribution in [0.5, 0.6) is 0 Å². The predicted molar refractivity (Wildman–Crippen MR) is 56.7 cm³/mol. The summed E-state index contributed by atoms with van der Waals surface area (Å²) in [4.78, 5) is 10.8. The van der Waals surface area contributed by atoms with E-state index in [-0.39, 0.29) is 0 Å². The highest BCUT2D eigenvalue weighted by Gasteiger charge is 1.94. The minimum absolute atomic E-state index is 0.431. The molecule has 0 bridgehead atoms. The number of esters is 1. The zero-order chi connectivity index (χ0) is 11.1. The van der Waals surface area contributed by atoms with Crippen molar-refractivity contribution < 1.29 is 9.53 Å². The van der Waals surface area contributed by atoms with Gasteiger partial charge in [-0.3, -0.25) is 0 Å². The molecule has 0 atom stereocenters. The molecule has 0 amide bonds. The van der Waals surface area contributed by atoms with E-state index in [1.165, 1.54) is 13.2 Å². The summed E-state index contributed by atoms with van der Waals surface area (Å²) in [5.41, 5.74) is 1.25. The molecule has 4 heteroatoms. The maximum Gasteiger partial charge on any atom is 0.332 e. The summed E-state index contributed by atoms with van der Waals surface area (Å²) in [6, 6.07) is 9.29. The molecule has 0 radical (unpaired) electrons. The predicted octanol–water partition coefficient (Wildman–Crippen LogP) is 2.85. The third-order valence-electron chi connectivity index (χ3n) is 1.61. The Morgan fingerprint density at radius 3 is 2.60 bits per heavy atom. The molecule has 0 saturated heterocycles. The fourth-order valence-corrected chi connectivity index (χ4v) is 0.890. The van der Waals surface area contributed by atoms with E-state index in [0.717, 1.165) is 5.69 Å². The Morgan fingerprint density at radius 1 is 1.33 bits per heavy atom. The van der Waals surface area contributed by atoms with Gasteiger partial charge >= 0.3 is 5.97 Å². The third kappa shape index (κ3) is 4.17. The molecule has 0 aliphatic heterocycles. The highest BCUT2D eigenvalue weighted by atomic mass is 16.5. The van der Waals surface area contributed by atoms with Crippen LogP contribution in [0.4, 0.5) is 5.69 Å². The lowest BCUT2D eigenvalue weighted by Crippen LogP contribution is -1.94. The number of azo groups is 1. The van der Waals surface area contributed by atoms with Gasteiger partial charge in [0.2, 0.25) is 0 Å². The molecule has 78 valence electrons. The molecule has 0 aliphatic rings. The summed E-state index contributed by atoms with van der Waals surface area (Å²) in [6.07, 6.45) is 1.28. The van der Waals surface area contributed by atoms with Gasteiger partial charge in [-0.15, -0.1) is 0 Å². The number of carbonyl (C=O) groups excluding carboxylic acids is 1. The standard InChI is InChI=1S/C11H12N2O2/c1-9(8-11(14)15-2)12-13-10-6-4-3-5-7-10/h3-8H,1-2H3. The van der Waals surface area contributed by atoms with Gasteiger partial charge in [0.25, 0.3) is 0 Å².